The summed E-state index contributed by atoms with van der Waals surface area (Å²) < 4.78 is 0. The summed E-state index contributed by atoms with van der Waals surface area (Å²) in [6, 6.07) is 6.83. The van der Waals surface area contributed by atoms with Gasteiger partial charge in [-0.15, -0.1) is 0 Å². The van der Waals surface area contributed by atoms with Gasteiger partial charge in [0.15, 0.2) is 0 Å². The summed E-state index contributed by atoms with van der Waals surface area (Å²) in [5.41, 5.74) is 7.75. The van der Waals surface area contributed by atoms with Gasteiger partial charge in [0.25, 0.3) is 5.91 Å². The number of hydrogen-bond donors (Lipinski definition) is 2. The minimum atomic E-state index is -0.601. The molecule has 1 atom stereocenters. The second-order valence-corrected chi connectivity index (χ2v) is 5.97. The number of amides is 3. The standard InChI is InChI=1S/C17H25N3O2/c1-4-12-7-9-13(10-8-12)14-15(21)20(16(22)19-14)11-17(18,5-2)6-3/h7-10,14H,4-6,11,18H2,1-3H3,(H,19,22). The van der Waals surface area contributed by atoms with Gasteiger partial charge in [0.1, 0.15) is 6.04 Å². The highest BCUT2D eigenvalue weighted by Gasteiger charge is 2.41. The molecular formula is C17H25N3O2. The van der Waals surface area contributed by atoms with Gasteiger partial charge in [0.2, 0.25) is 0 Å². The van der Waals surface area contributed by atoms with Gasteiger partial charge in [-0.1, -0.05) is 45.0 Å². The molecule has 1 aromatic rings. The lowest BCUT2D eigenvalue weighted by Crippen LogP contribution is -2.51. The summed E-state index contributed by atoms with van der Waals surface area (Å²) in [5.74, 6) is -0.217. The third kappa shape index (κ3) is 3.14. The molecular weight excluding hydrogens is 278 g/mol. The number of aryl methyl sites for hydroxylation is 1. The molecule has 3 N–H and O–H groups in total. The van der Waals surface area contributed by atoms with Crippen molar-refractivity contribution in [2.45, 2.75) is 51.6 Å². The molecule has 0 spiro atoms. The molecule has 0 saturated carbocycles. The molecule has 1 saturated heterocycles. The van der Waals surface area contributed by atoms with Gasteiger partial charge in [-0.2, -0.15) is 0 Å². The lowest BCUT2D eigenvalue weighted by molar-refractivity contribution is -0.128. The van der Waals surface area contributed by atoms with Crippen LogP contribution in [0.3, 0.4) is 0 Å². The molecule has 0 radical (unpaired) electrons. The Hall–Kier alpha value is -1.88. The zero-order valence-electron chi connectivity index (χ0n) is 13.6. The molecule has 1 heterocycles. The van der Waals surface area contributed by atoms with Crippen LogP contribution in [0.2, 0.25) is 0 Å². The molecule has 1 aliphatic rings. The van der Waals surface area contributed by atoms with E-state index in [1.807, 2.05) is 38.1 Å². The topological polar surface area (TPSA) is 75.4 Å². The Bertz CT molecular complexity index is 550. The van der Waals surface area contributed by atoms with Gasteiger partial charge in [0, 0.05) is 12.1 Å². The highest BCUT2D eigenvalue weighted by atomic mass is 16.2. The first-order valence-corrected chi connectivity index (χ1v) is 7.93. The van der Waals surface area contributed by atoms with Crippen molar-refractivity contribution in [1.29, 1.82) is 0 Å². The number of rotatable bonds is 6. The van der Waals surface area contributed by atoms with E-state index >= 15 is 0 Å². The Kier molecular flexibility index (Phi) is 4.86. The van der Waals surface area contributed by atoms with Crippen LogP contribution < -0.4 is 11.1 Å². The second-order valence-electron chi connectivity index (χ2n) is 5.97. The quantitative estimate of drug-likeness (QED) is 0.792. The van der Waals surface area contributed by atoms with E-state index < -0.39 is 11.6 Å². The van der Waals surface area contributed by atoms with E-state index in [9.17, 15) is 9.59 Å². The van der Waals surface area contributed by atoms with Gasteiger partial charge in [-0.25, -0.2) is 4.79 Å². The largest absolute Gasteiger partial charge is 0.325 e. The van der Waals surface area contributed by atoms with E-state index in [0.717, 1.165) is 24.8 Å². The lowest BCUT2D eigenvalue weighted by atomic mass is 9.93. The van der Waals surface area contributed by atoms with Crippen LogP contribution in [0.1, 0.15) is 50.8 Å². The Labute approximate surface area is 131 Å². The number of imide groups is 1. The van der Waals surface area contributed by atoms with Crippen molar-refractivity contribution >= 4 is 11.9 Å². The highest BCUT2D eigenvalue weighted by Crippen LogP contribution is 2.25. The molecule has 22 heavy (non-hydrogen) atoms. The summed E-state index contributed by atoms with van der Waals surface area (Å²) in [6.07, 6.45) is 2.38. The molecule has 0 aliphatic carbocycles. The first-order chi connectivity index (χ1) is 10.4. The zero-order chi connectivity index (χ0) is 16.3. The van der Waals surface area contributed by atoms with E-state index in [2.05, 4.69) is 12.2 Å². The number of carbonyl (C=O) groups is 2. The average Bonchev–Trinajstić information content (AvgIpc) is 2.82. The van der Waals surface area contributed by atoms with E-state index in [4.69, 9.17) is 5.73 Å². The fraction of sp³-hybridized carbons (Fsp3) is 0.529. The number of nitrogens with one attached hydrogen (secondary N) is 1. The smallest absolute Gasteiger partial charge is 0.324 e. The summed E-state index contributed by atoms with van der Waals surface area (Å²) in [7, 11) is 0. The number of urea groups is 1. The van der Waals surface area contributed by atoms with Gasteiger partial charge < -0.3 is 11.1 Å². The highest BCUT2D eigenvalue weighted by molar-refractivity contribution is 6.04. The molecule has 1 fully saturated rings. The van der Waals surface area contributed by atoms with Crippen molar-refractivity contribution in [1.82, 2.24) is 10.2 Å². The third-order valence-corrected chi connectivity index (χ3v) is 4.63. The predicted octanol–water partition coefficient (Wildman–Crippen LogP) is 2.36. The van der Waals surface area contributed by atoms with Gasteiger partial charge in [-0.3, -0.25) is 9.69 Å². The van der Waals surface area contributed by atoms with Crippen molar-refractivity contribution in [2.24, 2.45) is 5.73 Å². The molecule has 5 heteroatoms. The van der Waals surface area contributed by atoms with Crippen LogP contribution >= 0.6 is 0 Å². The van der Waals surface area contributed by atoms with Crippen LogP contribution in [0.25, 0.3) is 0 Å². The maximum absolute atomic E-state index is 12.6. The van der Waals surface area contributed by atoms with Crippen molar-refractivity contribution in [3.8, 4) is 0 Å². The summed E-state index contributed by atoms with van der Waals surface area (Å²) in [6.45, 7) is 6.29. The molecule has 3 amide bonds. The van der Waals surface area contributed by atoms with Crippen molar-refractivity contribution in [3.63, 3.8) is 0 Å². The Balaban J connectivity index is 2.17. The van der Waals surface area contributed by atoms with Gasteiger partial charge in [0.05, 0.1) is 0 Å². The number of benzene rings is 1. The molecule has 120 valence electrons. The first-order valence-electron chi connectivity index (χ1n) is 7.93. The number of hydrogen-bond acceptors (Lipinski definition) is 3. The van der Waals surface area contributed by atoms with Crippen LogP contribution in [0, 0.1) is 0 Å². The molecule has 1 unspecified atom stereocenters. The number of nitrogens with zero attached hydrogens (tertiary/aromatic N) is 1. The summed E-state index contributed by atoms with van der Waals surface area (Å²) >= 11 is 0. The maximum atomic E-state index is 12.6. The third-order valence-electron chi connectivity index (χ3n) is 4.63. The molecule has 2 rings (SSSR count). The van der Waals surface area contributed by atoms with E-state index in [-0.39, 0.29) is 18.5 Å². The van der Waals surface area contributed by atoms with Crippen molar-refractivity contribution < 1.29 is 9.59 Å². The van der Waals surface area contributed by atoms with Crippen LogP contribution in [0.15, 0.2) is 24.3 Å². The first kappa shape index (κ1) is 16.5. The Morgan fingerprint density at radius 2 is 1.73 bits per heavy atom. The van der Waals surface area contributed by atoms with E-state index in [0.29, 0.717) is 0 Å². The Morgan fingerprint density at radius 1 is 1.14 bits per heavy atom. The summed E-state index contributed by atoms with van der Waals surface area (Å²) in [4.78, 5) is 26.0. The monoisotopic (exact) mass is 303 g/mol. The van der Waals surface area contributed by atoms with Crippen LogP contribution in [-0.4, -0.2) is 28.9 Å². The minimum Gasteiger partial charge on any atom is -0.324 e. The lowest BCUT2D eigenvalue weighted by Gasteiger charge is -2.30. The number of nitrogens with two attached hydrogens (primary N) is 1. The fourth-order valence-corrected chi connectivity index (χ4v) is 2.63. The second kappa shape index (κ2) is 6.48. The maximum Gasteiger partial charge on any atom is 0.325 e. The zero-order valence-corrected chi connectivity index (χ0v) is 13.6. The van der Waals surface area contributed by atoms with Crippen molar-refractivity contribution in [2.75, 3.05) is 6.54 Å². The summed E-state index contributed by atoms with van der Waals surface area (Å²) in [5, 5.41) is 2.76. The van der Waals surface area contributed by atoms with Crippen LogP contribution in [-0.2, 0) is 11.2 Å². The van der Waals surface area contributed by atoms with E-state index in [1.54, 1.807) is 0 Å². The predicted molar refractivity (Wildman–Crippen MR) is 86.3 cm³/mol. The Morgan fingerprint density at radius 3 is 2.23 bits per heavy atom. The fourth-order valence-electron chi connectivity index (χ4n) is 2.63. The van der Waals surface area contributed by atoms with Gasteiger partial charge >= 0.3 is 6.03 Å². The number of carbonyl (C=O) groups excluding carboxylic acids is 2. The molecule has 1 aliphatic heterocycles. The molecule has 0 bridgehead atoms. The molecule has 1 aromatic carbocycles. The normalized spacial score (nSPS) is 18.7. The van der Waals surface area contributed by atoms with Crippen LogP contribution in [0.4, 0.5) is 4.79 Å². The van der Waals surface area contributed by atoms with Crippen LogP contribution in [0.5, 0.6) is 0 Å². The average molecular weight is 303 g/mol. The molecule has 5 nitrogen and oxygen atoms in total. The molecule has 0 aromatic heterocycles. The minimum absolute atomic E-state index is 0.217. The van der Waals surface area contributed by atoms with Gasteiger partial charge in [-0.05, 0) is 30.4 Å². The van der Waals surface area contributed by atoms with E-state index in [1.165, 1.54) is 10.5 Å². The SMILES string of the molecule is CCc1ccc(C2NC(=O)N(CC(N)(CC)CC)C2=O)cc1. The van der Waals surface area contributed by atoms with Crippen molar-refractivity contribution in [3.05, 3.63) is 35.4 Å².